The van der Waals surface area contributed by atoms with Gasteiger partial charge in [-0.3, -0.25) is 0 Å². The summed E-state index contributed by atoms with van der Waals surface area (Å²) in [5, 5.41) is 4.95. The van der Waals surface area contributed by atoms with E-state index in [0.29, 0.717) is 39.8 Å². The SMILES string of the molecule is [2H]c1c([2H])c([2H])c(-c2cccc(-c3cc(C(C)(C)C)cc(C(C)(C)C)c3)c2N2[CH-]N(c3[c-]c(Oc4[c-]c5c(cc4)[Si]4(c6cc(C)ccc6-c6ccc(C)cc64)c4ccccc4N5c4cc(C([2H])([2H])C(C)C)ccn4)ccc3)c3ccccc32)c([2H])c1[2H].[Pt]. The normalized spacial score (nSPS) is 15.2. The zero-order chi connectivity index (χ0) is 61.4. The van der Waals surface area contributed by atoms with Crippen LogP contribution in [0, 0.1) is 38.6 Å². The first-order chi connectivity index (χ1) is 41.4. The van der Waals surface area contributed by atoms with Crippen LogP contribution in [-0.4, -0.2) is 13.1 Å². The number of nitrogens with zero attached hydrogens (tertiary/aromatic N) is 4. The van der Waals surface area contributed by atoms with Crippen molar-refractivity contribution < 1.29 is 35.4 Å². The van der Waals surface area contributed by atoms with Crippen molar-refractivity contribution in [3.8, 4) is 44.9 Å². The van der Waals surface area contributed by atoms with Gasteiger partial charge in [-0.25, -0.2) is 4.98 Å². The van der Waals surface area contributed by atoms with E-state index >= 15 is 0 Å². The van der Waals surface area contributed by atoms with Crippen molar-refractivity contribution >= 4 is 68.8 Å². The van der Waals surface area contributed by atoms with Crippen LogP contribution in [0.3, 0.4) is 0 Å². The van der Waals surface area contributed by atoms with Crippen LogP contribution in [0.15, 0.2) is 200 Å². The number of ether oxygens (including phenoxy) is 1. The molecule has 0 saturated carbocycles. The van der Waals surface area contributed by atoms with E-state index in [1.165, 1.54) is 37.8 Å². The first kappa shape index (κ1) is 45.9. The van der Waals surface area contributed by atoms with E-state index in [0.717, 1.165) is 50.2 Å². The van der Waals surface area contributed by atoms with Crippen molar-refractivity contribution in [3.63, 3.8) is 0 Å². The molecule has 0 bridgehead atoms. The number of aryl methyl sites for hydroxylation is 2. The van der Waals surface area contributed by atoms with Crippen molar-refractivity contribution in [2.24, 2.45) is 5.92 Å². The minimum absolute atomic E-state index is 0. The predicted octanol–water partition coefficient (Wildman–Crippen LogP) is 16.8. The fraction of sp³-hybridized carbons (Fsp3) is 0.189. The third-order valence-corrected chi connectivity index (χ3v) is 20.7. The summed E-state index contributed by atoms with van der Waals surface area (Å²) in [5.41, 5.74) is 14.3. The third-order valence-electron chi connectivity index (χ3n) is 15.8. The molecule has 5 nitrogen and oxygen atoms in total. The van der Waals surface area contributed by atoms with E-state index in [-0.39, 0.29) is 55.5 Å². The molecular formula is C74H67N4OPtSi-3. The summed E-state index contributed by atoms with van der Waals surface area (Å²) in [7, 11) is -3.11. The summed E-state index contributed by atoms with van der Waals surface area (Å²) in [4.78, 5) is 11.3. The van der Waals surface area contributed by atoms with Crippen molar-refractivity contribution in [1.29, 1.82) is 0 Å². The standard InChI is InChI=1S/C74H67N4OSi.Pt/c1-48(2)38-51-36-37-75-71(41-51)78-65-28-16-17-29-67(65)80(69-39-49(3)30-33-61(69)62-34-31-50(4)40-70(62)80)68-35-32-58(46-66(68)78)79-57-23-18-22-56(45-57)76-47-77(64-27-15-14-26-63(64)76)72-59(52-20-12-11-13-21-52)24-19-25-60(72)53-42-54(73(5,6)7)44-55(43-53)74(8,9)10;/h11-37,39-44,47-48H,38H2,1-10H3;/q-3;/i11D,12D,13D,20D,21D,38D2;. The summed E-state index contributed by atoms with van der Waals surface area (Å²) in [6.45, 7) is 23.4. The molecule has 0 N–H and O–H groups in total. The van der Waals surface area contributed by atoms with E-state index in [4.69, 9.17) is 13.8 Å². The second-order valence-corrected chi connectivity index (χ2v) is 27.5. The summed E-state index contributed by atoms with van der Waals surface area (Å²) in [6.07, 6.45) is 0.0774. The fourth-order valence-electron chi connectivity index (χ4n) is 12.1. The van der Waals surface area contributed by atoms with Gasteiger partial charge < -0.3 is 19.4 Å². The van der Waals surface area contributed by atoms with Gasteiger partial charge in [0.25, 0.3) is 0 Å². The van der Waals surface area contributed by atoms with Crippen molar-refractivity contribution in [2.75, 3.05) is 14.7 Å². The number of pyridine rings is 1. The molecule has 9 aromatic carbocycles. The van der Waals surface area contributed by atoms with Crippen LogP contribution in [0.2, 0.25) is 0 Å². The van der Waals surface area contributed by atoms with Crippen LogP contribution in [0.5, 0.6) is 11.5 Å². The Morgan fingerprint density at radius 1 is 0.580 bits per heavy atom. The first-order valence-electron chi connectivity index (χ1n) is 31.1. The Labute approximate surface area is 505 Å². The molecule has 10 aromatic rings. The van der Waals surface area contributed by atoms with Gasteiger partial charge in [0.1, 0.15) is 13.9 Å². The molecule has 7 heteroatoms. The van der Waals surface area contributed by atoms with Gasteiger partial charge in [0.05, 0.1) is 6.85 Å². The maximum atomic E-state index is 9.33. The van der Waals surface area contributed by atoms with Crippen molar-refractivity contribution in [3.05, 3.63) is 247 Å². The van der Waals surface area contributed by atoms with E-state index < -0.39 is 32.6 Å². The van der Waals surface area contributed by atoms with Crippen LogP contribution in [0.4, 0.5) is 39.9 Å². The largest absolute Gasteiger partial charge is 0.509 e. The topological polar surface area (TPSA) is 31.8 Å². The first-order valence-corrected chi connectivity index (χ1v) is 29.6. The average molecular weight is 1260 g/mol. The molecule has 0 saturated heterocycles. The number of para-hydroxylation sites is 4. The molecule has 0 aliphatic carbocycles. The number of anilines is 7. The van der Waals surface area contributed by atoms with Crippen LogP contribution in [0.1, 0.15) is 92.8 Å². The van der Waals surface area contributed by atoms with Gasteiger partial charge in [-0.05, 0) is 122 Å². The van der Waals surface area contributed by atoms with E-state index in [9.17, 15) is 5.48 Å². The van der Waals surface area contributed by atoms with Gasteiger partial charge in [0, 0.05) is 75.4 Å². The third kappa shape index (κ3) is 9.35. The molecule has 406 valence electrons. The molecule has 3 aliphatic rings. The van der Waals surface area contributed by atoms with E-state index in [1.54, 1.807) is 12.3 Å². The number of hydrogen-bond acceptors (Lipinski definition) is 5. The van der Waals surface area contributed by atoms with Gasteiger partial charge in [-0.1, -0.05) is 206 Å². The van der Waals surface area contributed by atoms with E-state index in [1.807, 2.05) is 87.2 Å². The maximum absolute atomic E-state index is 9.33. The molecule has 0 atom stereocenters. The molecule has 0 unspecified atom stereocenters. The summed E-state index contributed by atoms with van der Waals surface area (Å²) >= 11 is 0. The summed E-state index contributed by atoms with van der Waals surface area (Å²) in [5.74, 6) is 1.17. The van der Waals surface area contributed by atoms with Gasteiger partial charge >= 0.3 is 0 Å². The average Bonchev–Trinajstić information content (AvgIpc) is 1.44. The zero-order valence-electron chi connectivity index (χ0n) is 54.3. The molecule has 1 aromatic heterocycles. The van der Waals surface area contributed by atoms with Crippen LogP contribution < -0.4 is 40.2 Å². The molecular weight excluding hydrogens is 1180 g/mol. The van der Waals surface area contributed by atoms with Gasteiger partial charge in [0.2, 0.25) is 0 Å². The van der Waals surface area contributed by atoms with Crippen molar-refractivity contribution in [2.45, 2.75) is 86.4 Å². The molecule has 13 rings (SSSR count). The predicted molar refractivity (Wildman–Crippen MR) is 337 cm³/mol. The van der Waals surface area contributed by atoms with E-state index in [2.05, 4.69) is 173 Å². The summed E-state index contributed by atoms with van der Waals surface area (Å²) < 4.78 is 70.3. The van der Waals surface area contributed by atoms with Crippen LogP contribution >= 0.6 is 0 Å². The van der Waals surface area contributed by atoms with Gasteiger partial charge in [-0.2, -0.15) is 12.1 Å². The Morgan fingerprint density at radius 2 is 1.19 bits per heavy atom. The zero-order valence-corrected chi connectivity index (χ0v) is 50.6. The molecule has 0 fully saturated rings. The molecule has 1 spiro atoms. The number of hydrogen-bond donors (Lipinski definition) is 0. The molecule has 4 heterocycles. The quantitative estimate of drug-likeness (QED) is 0.106. The van der Waals surface area contributed by atoms with Gasteiger partial charge in [-0.15, -0.1) is 47.9 Å². The second kappa shape index (κ2) is 20.6. The molecule has 81 heavy (non-hydrogen) atoms. The Bertz CT molecular complexity index is 4360. The fourth-order valence-corrected chi connectivity index (χ4v) is 17.8. The molecule has 0 amide bonds. The monoisotopic (exact) mass is 1260 g/mol. The van der Waals surface area contributed by atoms with Crippen LogP contribution in [0.25, 0.3) is 33.4 Å². The smallest absolute Gasteiger partial charge is 0.135 e. The number of benzene rings is 9. The minimum atomic E-state index is -3.11. The minimum Gasteiger partial charge on any atom is -0.509 e. The maximum Gasteiger partial charge on any atom is 0.135 e. The van der Waals surface area contributed by atoms with Crippen LogP contribution in [-0.2, 0) is 38.3 Å². The number of rotatable bonds is 9. The number of fused-ring (bicyclic) bond motifs is 10. The summed E-state index contributed by atoms with van der Waals surface area (Å²) in [6, 6.07) is 62.3. The Balaban J connectivity index is 0.00000754. The molecule has 3 aliphatic heterocycles. The molecule has 0 radical (unpaired) electrons. The second-order valence-electron chi connectivity index (χ2n) is 23.8. The Kier molecular flexibility index (Phi) is 11.7. The Hall–Kier alpha value is -7.76. The Morgan fingerprint density at radius 3 is 1.84 bits per heavy atom. The van der Waals surface area contributed by atoms with Crippen molar-refractivity contribution in [1.82, 2.24) is 4.98 Å². The number of aromatic nitrogens is 1. The van der Waals surface area contributed by atoms with Gasteiger partial charge in [0.15, 0.2) is 0 Å².